The summed E-state index contributed by atoms with van der Waals surface area (Å²) in [6.07, 6.45) is 0. The van der Waals surface area contributed by atoms with E-state index in [1.54, 1.807) is 18.2 Å². The number of carboxylic acid groups (broad SMARTS) is 1. The van der Waals surface area contributed by atoms with E-state index in [0.717, 1.165) is 0 Å². The van der Waals surface area contributed by atoms with Crippen LogP contribution in [-0.4, -0.2) is 11.1 Å². The van der Waals surface area contributed by atoms with Crippen molar-refractivity contribution < 1.29 is 14.3 Å². The number of hydrogen-bond donors (Lipinski definition) is 3. The van der Waals surface area contributed by atoms with E-state index in [1.807, 2.05) is 0 Å². The third-order valence-corrected chi connectivity index (χ3v) is 3.22. The Morgan fingerprint density at radius 2 is 1.95 bits per heavy atom. The number of nitrogen functional groups attached to an aromatic ring is 1. The van der Waals surface area contributed by atoms with Crippen LogP contribution < -0.4 is 11.1 Å². The number of nitrogens with two attached hydrogens (primary N) is 1. The fraction of sp³-hybridized carbons (Fsp3) is 0. The van der Waals surface area contributed by atoms with Gasteiger partial charge in [-0.2, -0.15) is 0 Å². The van der Waals surface area contributed by atoms with E-state index < -0.39 is 11.8 Å². The predicted molar refractivity (Wildman–Crippen MR) is 75.2 cm³/mol. The molecule has 0 saturated carbocycles. The highest BCUT2D eigenvalue weighted by Gasteiger charge is 2.13. The second kappa shape index (κ2) is 5.27. The highest BCUT2D eigenvalue weighted by molar-refractivity contribution is 9.10. The summed E-state index contributed by atoms with van der Waals surface area (Å²) < 4.78 is 14.2. The molecule has 0 aliphatic heterocycles. The van der Waals surface area contributed by atoms with Crippen molar-refractivity contribution in [2.75, 3.05) is 11.1 Å². The number of benzene rings is 2. The van der Waals surface area contributed by atoms with Gasteiger partial charge in [0.2, 0.25) is 0 Å². The molecule has 0 atom stereocenters. The Kier molecular flexibility index (Phi) is 3.71. The molecule has 0 amide bonds. The van der Waals surface area contributed by atoms with Crippen molar-refractivity contribution in [2.45, 2.75) is 0 Å². The van der Waals surface area contributed by atoms with E-state index in [2.05, 4.69) is 21.2 Å². The maximum absolute atomic E-state index is 13.7. The van der Waals surface area contributed by atoms with Gasteiger partial charge in [-0.1, -0.05) is 12.1 Å². The van der Waals surface area contributed by atoms with Gasteiger partial charge in [0, 0.05) is 4.47 Å². The van der Waals surface area contributed by atoms with Crippen LogP contribution in [0, 0.1) is 5.82 Å². The summed E-state index contributed by atoms with van der Waals surface area (Å²) in [5.74, 6) is -1.59. The van der Waals surface area contributed by atoms with Crippen LogP contribution >= 0.6 is 15.9 Å². The molecule has 0 aromatic heterocycles. The lowest BCUT2D eigenvalue weighted by Crippen LogP contribution is -2.06. The first-order valence-electron chi connectivity index (χ1n) is 5.33. The molecule has 0 radical (unpaired) electrons. The van der Waals surface area contributed by atoms with E-state index in [1.165, 1.54) is 18.2 Å². The van der Waals surface area contributed by atoms with Crippen LogP contribution in [0.5, 0.6) is 0 Å². The standard InChI is InChI=1S/C13H10BrFN2O2/c14-8-4-2-5-9(15)12(8)17-10-6-1-3-7(11(10)16)13(18)19/h1-6,17H,16H2,(H,18,19). The monoisotopic (exact) mass is 324 g/mol. The van der Waals surface area contributed by atoms with Crippen molar-refractivity contribution in [1.29, 1.82) is 0 Å². The molecular weight excluding hydrogens is 315 g/mol. The first kappa shape index (κ1) is 13.4. The third-order valence-electron chi connectivity index (χ3n) is 2.56. The van der Waals surface area contributed by atoms with Crippen molar-refractivity contribution in [3.8, 4) is 0 Å². The van der Waals surface area contributed by atoms with Gasteiger partial charge in [-0.25, -0.2) is 9.18 Å². The zero-order valence-corrected chi connectivity index (χ0v) is 11.2. The van der Waals surface area contributed by atoms with E-state index in [-0.39, 0.29) is 16.9 Å². The number of rotatable bonds is 3. The lowest BCUT2D eigenvalue weighted by Gasteiger charge is -2.13. The minimum atomic E-state index is -1.13. The zero-order valence-electron chi connectivity index (χ0n) is 9.65. The Bertz CT molecular complexity index is 626. The number of para-hydroxylation sites is 2. The van der Waals surface area contributed by atoms with E-state index >= 15 is 0 Å². The van der Waals surface area contributed by atoms with Crippen molar-refractivity contribution in [1.82, 2.24) is 0 Å². The second-order valence-electron chi connectivity index (χ2n) is 3.79. The second-order valence-corrected chi connectivity index (χ2v) is 4.65. The average Bonchev–Trinajstić information content (AvgIpc) is 2.35. The maximum Gasteiger partial charge on any atom is 0.337 e. The highest BCUT2D eigenvalue weighted by Crippen LogP contribution is 2.32. The number of nitrogens with one attached hydrogen (secondary N) is 1. The Morgan fingerprint density at radius 3 is 2.58 bits per heavy atom. The molecule has 98 valence electrons. The summed E-state index contributed by atoms with van der Waals surface area (Å²) in [5, 5.41) is 11.8. The maximum atomic E-state index is 13.7. The van der Waals surface area contributed by atoms with Crippen LogP contribution in [0.4, 0.5) is 21.5 Å². The van der Waals surface area contributed by atoms with E-state index in [4.69, 9.17) is 10.8 Å². The van der Waals surface area contributed by atoms with Crippen LogP contribution in [0.1, 0.15) is 10.4 Å². The largest absolute Gasteiger partial charge is 0.478 e. The van der Waals surface area contributed by atoms with Gasteiger partial charge in [0.15, 0.2) is 0 Å². The molecule has 0 bridgehead atoms. The van der Waals surface area contributed by atoms with E-state index in [0.29, 0.717) is 10.2 Å². The number of carboxylic acids is 1. The molecule has 0 aliphatic carbocycles. The molecule has 0 heterocycles. The van der Waals surface area contributed by atoms with Crippen molar-refractivity contribution >= 4 is 39.0 Å². The molecular formula is C13H10BrFN2O2. The van der Waals surface area contributed by atoms with Crippen molar-refractivity contribution in [3.63, 3.8) is 0 Å². The molecule has 4 nitrogen and oxygen atoms in total. The third kappa shape index (κ3) is 2.68. The minimum Gasteiger partial charge on any atom is -0.478 e. The van der Waals surface area contributed by atoms with Gasteiger partial charge in [0.25, 0.3) is 0 Å². The summed E-state index contributed by atoms with van der Waals surface area (Å²) in [6.45, 7) is 0. The smallest absolute Gasteiger partial charge is 0.337 e. The number of aromatic carboxylic acids is 1. The van der Waals surface area contributed by atoms with Gasteiger partial charge in [-0.05, 0) is 40.2 Å². The summed E-state index contributed by atoms with van der Waals surface area (Å²) in [7, 11) is 0. The molecule has 19 heavy (non-hydrogen) atoms. The van der Waals surface area contributed by atoms with Gasteiger partial charge in [0.1, 0.15) is 5.82 Å². The summed E-state index contributed by atoms with van der Waals surface area (Å²) >= 11 is 3.22. The number of anilines is 3. The van der Waals surface area contributed by atoms with Gasteiger partial charge in [0.05, 0.1) is 22.6 Å². The zero-order chi connectivity index (χ0) is 14.0. The number of hydrogen-bond acceptors (Lipinski definition) is 3. The molecule has 2 aromatic carbocycles. The van der Waals surface area contributed by atoms with Crippen LogP contribution in [-0.2, 0) is 0 Å². The van der Waals surface area contributed by atoms with Crippen LogP contribution in [0.25, 0.3) is 0 Å². The Hall–Kier alpha value is -2.08. The van der Waals surface area contributed by atoms with Crippen molar-refractivity contribution in [2.24, 2.45) is 0 Å². The van der Waals surface area contributed by atoms with Crippen molar-refractivity contribution in [3.05, 3.63) is 52.3 Å². The first-order chi connectivity index (χ1) is 9.00. The molecule has 2 aromatic rings. The topological polar surface area (TPSA) is 75.3 Å². The molecule has 6 heteroatoms. The Labute approximate surface area is 117 Å². The highest BCUT2D eigenvalue weighted by atomic mass is 79.9. The SMILES string of the molecule is Nc1c(Nc2c(F)cccc2Br)cccc1C(=O)O. The lowest BCUT2D eigenvalue weighted by molar-refractivity contribution is 0.0698. The fourth-order valence-corrected chi connectivity index (χ4v) is 2.05. The molecule has 0 saturated heterocycles. The number of halogens is 2. The minimum absolute atomic E-state index is 0.0301. The van der Waals surface area contributed by atoms with Crippen LogP contribution in [0.3, 0.4) is 0 Å². The quantitative estimate of drug-likeness (QED) is 0.754. The van der Waals surface area contributed by atoms with Gasteiger partial charge in [-0.15, -0.1) is 0 Å². The summed E-state index contributed by atoms with van der Waals surface area (Å²) in [4.78, 5) is 11.0. The lowest BCUT2D eigenvalue weighted by atomic mass is 10.1. The molecule has 2 rings (SSSR count). The molecule has 0 aliphatic rings. The number of carbonyl (C=O) groups is 1. The van der Waals surface area contributed by atoms with Crippen LogP contribution in [0.15, 0.2) is 40.9 Å². The normalized spacial score (nSPS) is 10.2. The van der Waals surface area contributed by atoms with E-state index in [9.17, 15) is 9.18 Å². The molecule has 0 unspecified atom stereocenters. The fourth-order valence-electron chi connectivity index (χ4n) is 1.61. The molecule has 4 N–H and O–H groups in total. The van der Waals surface area contributed by atoms with Crippen LogP contribution in [0.2, 0.25) is 0 Å². The first-order valence-corrected chi connectivity index (χ1v) is 6.13. The molecule has 0 spiro atoms. The predicted octanol–water partition coefficient (Wildman–Crippen LogP) is 3.61. The average molecular weight is 325 g/mol. The Balaban J connectivity index is 2.45. The van der Waals surface area contributed by atoms with Gasteiger partial charge < -0.3 is 16.2 Å². The van der Waals surface area contributed by atoms with Gasteiger partial charge in [-0.3, -0.25) is 0 Å². The van der Waals surface area contributed by atoms with Gasteiger partial charge >= 0.3 is 5.97 Å². The Morgan fingerprint density at radius 1 is 1.26 bits per heavy atom. The molecule has 0 fully saturated rings. The summed E-state index contributed by atoms with van der Waals surface area (Å²) in [5.41, 5.74) is 6.33. The summed E-state index contributed by atoms with van der Waals surface area (Å²) in [6, 6.07) is 9.03.